The normalized spacial score (nSPS) is 9.62. The molecule has 2 N–H and O–H groups in total. The monoisotopic (exact) mass is 197 g/mol. The summed E-state index contributed by atoms with van der Waals surface area (Å²) in [5.74, 6) is 0.465. The third kappa shape index (κ3) is 2.95. The van der Waals surface area contributed by atoms with E-state index in [0.29, 0.717) is 18.2 Å². The summed E-state index contributed by atoms with van der Waals surface area (Å²) in [6.07, 6.45) is 3.98. The molecule has 1 rings (SSSR count). The number of rotatable bonds is 4. The van der Waals surface area contributed by atoms with Crippen LogP contribution >= 0.6 is 12.2 Å². The number of thiocarbonyl (C=S) groups is 1. The van der Waals surface area contributed by atoms with E-state index in [4.69, 9.17) is 22.7 Å². The lowest BCUT2D eigenvalue weighted by Crippen LogP contribution is -2.12. The standard InChI is InChI=1S/C8H11N3OS/c1-2-3-12-7-5-10-4-6(11-7)8(9)13/h4-5H,2-3H2,1H3,(H2,9,13). The van der Waals surface area contributed by atoms with E-state index in [9.17, 15) is 0 Å². The molecule has 1 aromatic rings. The molecule has 13 heavy (non-hydrogen) atoms. The van der Waals surface area contributed by atoms with Crippen molar-refractivity contribution >= 4 is 17.2 Å². The fraction of sp³-hybridized carbons (Fsp3) is 0.375. The van der Waals surface area contributed by atoms with Gasteiger partial charge in [0.05, 0.1) is 19.0 Å². The van der Waals surface area contributed by atoms with Crippen molar-refractivity contribution < 1.29 is 4.74 Å². The van der Waals surface area contributed by atoms with E-state index in [1.807, 2.05) is 6.92 Å². The molecule has 0 aliphatic carbocycles. The second-order valence-corrected chi connectivity index (χ2v) is 2.90. The third-order valence-electron chi connectivity index (χ3n) is 1.32. The summed E-state index contributed by atoms with van der Waals surface area (Å²) in [7, 11) is 0. The Bertz CT molecular complexity index is 303. The van der Waals surface area contributed by atoms with Gasteiger partial charge in [-0.1, -0.05) is 19.1 Å². The van der Waals surface area contributed by atoms with Crippen LogP contribution in [0.4, 0.5) is 0 Å². The van der Waals surface area contributed by atoms with Crippen LogP contribution in [0.2, 0.25) is 0 Å². The maximum absolute atomic E-state index is 5.38. The molecule has 0 amide bonds. The van der Waals surface area contributed by atoms with Crippen LogP contribution in [0, 0.1) is 0 Å². The zero-order valence-corrected chi connectivity index (χ0v) is 8.17. The number of aromatic nitrogens is 2. The van der Waals surface area contributed by atoms with Crippen LogP contribution in [-0.4, -0.2) is 21.6 Å². The molecule has 0 spiro atoms. The molecule has 0 saturated heterocycles. The van der Waals surface area contributed by atoms with Crippen LogP contribution < -0.4 is 10.5 Å². The van der Waals surface area contributed by atoms with Crippen molar-refractivity contribution in [3.8, 4) is 5.88 Å². The van der Waals surface area contributed by atoms with Gasteiger partial charge < -0.3 is 10.5 Å². The van der Waals surface area contributed by atoms with Gasteiger partial charge in [0.15, 0.2) is 0 Å². The third-order valence-corrected chi connectivity index (χ3v) is 1.53. The summed E-state index contributed by atoms with van der Waals surface area (Å²) in [5, 5.41) is 0. The second kappa shape index (κ2) is 4.71. The molecular weight excluding hydrogens is 186 g/mol. The van der Waals surface area contributed by atoms with Gasteiger partial charge in [0.25, 0.3) is 0 Å². The van der Waals surface area contributed by atoms with E-state index < -0.39 is 0 Å². The molecule has 0 bridgehead atoms. The van der Waals surface area contributed by atoms with Gasteiger partial charge in [-0.3, -0.25) is 4.98 Å². The van der Waals surface area contributed by atoms with Gasteiger partial charge in [-0.05, 0) is 6.42 Å². The SMILES string of the molecule is CCCOc1cncc(C(N)=S)n1. The van der Waals surface area contributed by atoms with Crippen molar-refractivity contribution in [2.45, 2.75) is 13.3 Å². The predicted octanol–water partition coefficient (Wildman–Crippen LogP) is 0.900. The highest BCUT2D eigenvalue weighted by Crippen LogP contribution is 2.04. The van der Waals surface area contributed by atoms with E-state index in [1.165, 1.54) is 12.4 Å². The number of nitrogens with zero attached hydrogens (tertiary/aromatic N) is 2. The lowest BCUT2D eigenvalue weighted by molar-refractivity contribution is 0.303. The van der Waals surface area contributed by atoms with E-state index in [1.54, 1.807) is 0 Å². The average Bonchev–Trinajstić information content (AvgIpc) is 2.15. The van der Waals surface area contributed by atoms with Crippen LogP contribution in [0.1, 0.15) is 19.0 Å². The zero-order valence-electron chi connectivity index (χ0n) is 7.36. The summed E-state index contributed by atoms with van der Waals surface area (Å²) >= 11 is 4.75. The fourth-order valence-electron chi connectivity index (χ4n) is 0.743. The molecule has 0 aliphatic rings. The maximum Gasteiger partial charge on any atom is 0.232 e. The highest BCUT2D eigenvalue weighted by Gasteiger charge is 2.00. The van der Waals surface area contributed by atoms with Crippen molar-refractivity contribution in [2.24, 2.45) is 5.73 Å². The molecule has 0 fully saturated rings. The maximum atomic E-state index is 5.38. The molecule has 4 nitrogen and oxygen atoms in total. The molecule has 1 heterocycles. The van der Waals surface area contributed by atoms with Gasteiger partial charge in [0.1, 0.15) is 10.7 Å². The van der Waals surface area contributed by atoms with Crippen molar-refractivity contribution in [2.75, 3.05) is 6.61 Å². The van der Waals surface area contributed by atoms with Gasteiger partial charge in [-0.15, -0.1) is 0 Å². The Hall–Kier alpha value is -1.23. The van der Waals surface area contributed by atoms with Crippen LogP contribution in [0.5, 0.6) is 5.88 Å². The first-order chi connectivity index (χ1) is 6.24. The molecule has 0 aromatic carbocycles. The van der Waals surface area contributed by atoms with Crippen molar-refractivity contribution in [1.82, 2.24) is 9.97 Å². The molecule has 5 heteroatoms. The highest BCUT2D eigenvalue weighted by molar-refractivity contribution is 7.80. The first-order valence-electron chi connectivity index (χ1n) is 3.98. The van der Waals surface area contributed by atoms with Gasteiger partial charge in [0.2, 0.25) is 5.88 Å². The first-order valence-corrected chi connectivity index (χ1v) is 4.39. The minimum Gasteiger partial charge on any atom is -0.477 e. The molecule has 0 atom stereocenters. The molecule has 0 aliphatic heterocycles. The molecular formula is C8H11N3OS. The van der Waals surface area contributed by atoms with Crippen LogP contribution in [0.25, 0.3) is 0 Å². The molecule has 0 radical (unpaired) electrons. The number of hydrogen-bond acceptors (Lipinski definition) is 4. The van der Waals surface area contributed by atoms with E-state index in [2.05, 4.69) is 9.97 Å². The summed E-state index contributed by atoms with van der Waals surface area (Å²) in [6, 6.07) is 0. The molecule has 0 saturated carbocycles. The molecule has 0 unspecified atom stereocenters. The Balaban J connectivity index is 2.73. The number of nitrogens with two attached hydrogens (primary N) is 1. The number of ether oxygens (including phenoxy) is 1. The average molecular weight is 197 g/mol. The van der Waals surface area contributed by atoms with E-state index in [0.717, 1.165) is 6.42 Å². The fourth-order valence-corrected chi connectivity index (χ4v) is 0.841. The van der Waals surface area contributed by atoms with Crippen molar-refractivity contribution in [1.29, 1.82) is 0 Å². The van der Waals surface area contributed by atoms with Gasteiger partial charge in [-0.2, -0.15) is 0 Å². The zero-order chi connectivity index (χ0) is 9.68. The Kier molecular flexibility index (Phi) is 3.57. The van der Waals surface area contributed by atoms with Crippen LogP contribution in [-0.2, 0) is 0 Å². The van der Waals surface area contributed by atoms with Crippen LogP contribution in [0.15, 0.2) is 12.4 Å². The van der Waals surface area contributed by atoms with Gasteiger partial charge >= 0.3 is 0 Å². The van der Waals surface area contributed by atoms with Crippen LogP contribution in [0.3, 0.4) is 0 Å². The minimum atomic E-state index is 0.231. The lowest BCUT2D eigenvalue weighted by atomic mass is 10.4. The summed E-state index contributed by atoms with van der Waals surface area (Å²) in [5.41, 5.74) is 5.87. The molecule has 1 aromatic heterocycles. The largest absolute Gasteiger partial charge is 0.477 e. The van der Waals surface area contributed by atoms with Crippen molar-refractivity contribution in [3.63, 3.8) is 0 Å². The van der Waals surface area contributed by atoms with Gasteiger partial charge in [0, 0.05) is 0 Å². The smallest absolute Gasteiger partial charge is 0.232 e. The minimum absolute atomic E-state index is 0.231. The predicted molar refractivity (Wildman–Crippen MR) is 53.7 cm³/mol. The Morgan fingerprint density at radius 1 is 1.62 bits per heavy atom. The van der Waals surface area contributed by atoms with Gasteiger partial charge in [-0.25, -0.2) is 4.98 Å². The highest BCUT2D eigenvalue weighted by atomic mass is 32.1. The molecule has 70 valence electrons. The van der Waals surface area contributed by atoms with E-state index >= 15 is 0 Å². The lowest BCUT2D eigenvalue weighted by Gasteiger charge is -2.03. The summed E-state index contributed by atoms with van der Waals surface area (Å²) in [4.78, 5) is 8.19. The quantitative estimate of drug-likeness (QED) is 0.727. The van der Waals surface area contributed by atoms with Crippen molar-refractivity contribution in [3.05, 3.63) is 18.1 Å². The first kappa shape index (κ1) is 9.85. The topological polar surface area (TPSA) is 61.0 Å². The Morgan fingerprint density at radius 3 is 3.00 bits per heavy atom. The Morgan fingerprint density at radius 2 is 2.38 bits per heavy atom. The summed E-state index contributed by atoms with van der Waals surface area (Å²) in [6.45, 7) is 2.64. The second-order valence-electron chi connectivity index (χ2n) is 2.46. The summed E-state index contributed by atoms with van der Waals surface area (Å²) < 4.78 is 5.26. The Labute approximate surface area is 82.1 Å². The van der Waals surface area contributed by atoms with E-state index in [-0.39, 0.29) is 4.99 Å². The number of hydrogen-bond donors (Lipinski definition) is 1.